The quantitative estimate of drug-likeness (QED) is 0.784. The van der Waals surface area contributed by atoms with Gasteiger partial charge in [-0.1, -0.05) is 30.3 Å². The maximum absolute atomic E-state index is 13.0. The van der Waals surface area contributed by atoms with Gasteiger partial charge in [-0.3, -0.25) is 14.6 Å². The van der Waals surface area contributed by atoms with Crippen LogP contribution in [-0.2, 0) is 16.1 Å². The van der Waals surface area contributed by atoms with Crippen molar-refractivity contribution in [2.75, 3.05) is 26.2 Å². The van der Waals surface area contributed by atoms with Crippen molar-refractivity contribution in [2.45, 2.75) is 45.3 Å². The van der Waals surface area contributed by atoms with Crippen LogP contribution in [0, 0.1) is 13.8 Å². The van der Waals surface area contributed by atoms with Gasteiger partial charge in [-0.25, -0.2) is 0 Å². The molecule has 0 unspecified atom stereocenters. The number of hydrogen-bond acceptors (Lipinski definition) is 4. The summed E-state index contributed by atoms with van der Waals surface area (Å²) in [6.07, 6.45) is 1.87. The van der Waals surface area contributed by atoms with Crippen LogP contribution in [0.2, 0.25) is 0 Å². The highest BCUT2D eigenvalue weighted by atomic mass is 16.5. The number of pyridine rings is 1. The van der Waals surface area contributed by atoms with E-state index in [1.54, 1.807) is 0 Å². The molecule has 3 heterocycles. The zero-order valence-corrected chi connectivity index (χ0v) is 17.8. The Kier molecular flexibility index (Phi) is 5.86. The minimum absolute atomic E-state index is 0.0284. The summed E-state index contributed by atoms with van der Waals surface area (Å²) in [5.41, 5.74) is 3.09. The minimum Gasteiger partial charge on any atom is -0.372 e. The molecule has 30 heavy (non-hydrogen) atoms. The van der Waals surface area contributed by atoms with Crippen molar-refractivity contribution in [1.29, 1.82) is 0 Å². The van der Waals surface area contributed by atoms with Gasteiger partial charge < -0.3 is 14.5 Å². The van der Waals surface area contributed by atoms with Gasteiger partial charge in [0.1, 0.15) is 0 Å². The van der Waals surface area contributed by atoms with Gasteiger partial charge in [-0.2, -0.15) is 0 Å². The van der Waals surface area contributed by atoms with E-state index in [1.807, 2.05) is 66.1 Å². The molecule has 2 aromatic rings. The fourth-order valence-corrected chi connectivity index (χ4v) is 4.45. The molecule has 0 saturated carbocycles. The van der Waals surface area contributed by atoms with E-state index >= 15 is 0 Å². The molecule has 1 aromatic carbocycles. The Morgan fingerprint density at radius 1 is 1.10 bits per heavy atom. The van der Waals surface area contributed by atoms with E-state index in [9.17, 15) is 9.59 Å². The van der Waals surface area contributed by atoms with Crippen molar-refractivity contribution in [2.24, 2.45) is 0 Å². The summed E-state index contributed by atoms with van der Waals surface area (Å²) in [5.74, 6) is 0.163. The number of aromatic nitrogens is 1. The Labute approximate surface area is 177 Å². The zero-order valence-electron chi connectivity index (χ0n) is 17.8. The van der Waals surface area contributed by atoms with Crippen LogP contribution in [0.5, 0.6) is 0 Å². The number of carbonyl (C=O) groups excluding carboxylic acids is 2. The van der Waals surface area contributed by atoms with E-state index in [-0.39, 0.29) is 17.4 Å². The Balaban J connectivity index is 1.44. The van der Waals surface area contributed by atoms with E-state index in [0.717, 1.165) is 29.8 Å². The average molecular weight is 408 g/mol. The van der Waals surface area contributed by atoms with Crippen molar-refractivity contribution < 1.29 is 14.3 Å². The molecule has 0 atom stereocenters. The number of nitrogens with zero attached hydrogens (tertiary/aromatic N) is 3. The molecule has 0 N–H and O–H groups in total. The predicted molar refractivity (Wildman–Crippen MR) is 114 cm³/mol. The zero-order chi connectivity index (χ0) is 21.1. The summed E-state index contributed by atoms with van der Waals surface area (Å²) in [4.78, 5) is 33.9. The molecule has 1 spiro atoms. The number of aryl methyl sites for hydroxylation is 2. The van der Waals surface area contributed by atoms with E-state index in [2.05, 4.69) is 4.98 Å². The summed E-state index contributed by atoms with van der Waals surface area (Å²) < 4.78 is 6.23. The Bertz CT molecular complexity index is 921. The van der Waals surface area contributed by atoms with Gasteiger partial charge in [0.25, 0.3) is 5.91 Å². The number of ether oxygens (including phenoxy) is 1. The predicted octanol–water partition coefficient (Wildman–Crippen LogP) is 3.12. The first kappa shape index (κ1) is 20.5. The Morgan fingerprint density at radius 2 is 1.83 bits per heavy atom. The minimum atomic E-state index is -0.377. The molecule has 6 nitrogen and oxygen atoms in total. The van der Waals surface area contributed by atoms with E-state index in [1.165, 1.54) is 0 Å². The average Bonchev–Trinajstić information content (AvgIpc) is 2.88. The molecule has 0 aliphatic carbocycles. The van der Waals surface area contributed by atoms with Crippen LogP contribution in [0.4, 0.5) is 0 Å². The first-order chi connectivity index (χ1) is 14.5. The maximum Gasteiger partial charge on any atom is 0.255 e. The highest BCUT2D eigenvalue weighted by molar-refractivity contribution is 5.95. The molecule has 0 radical (unpaired) electrons. The number of carbonyl (C=O) groups is 2. The van der Waals surface area contributed by atoms with Gasteiger partial charge in [-0.15, -0.1) is 0 Å². The van der Waals surface area contributed by atoms with E-state index in [0.29, 0.717) is 44.8 Å². The highest BCUT2D eigenvalue weighted by Crippen LogP contribution is 2.31. The normalized spacial score (nSPS) is 19.1. The van der Waals surface area contributed by atoms with Crippen molar-refractivity contribution in [3.05, 3.63) is 65.0 Å². The molecule has 2 aliphatic heterocycles. The van der Waals surface area contributed by atoms with Gasteiger partial charge >= 0.3 is 0 Å². The second kappa shape index (κ2) is 8.56. The number of hydrogen-bond donors (Lipinski definition) is 0. The molecular weight excluding hydrogens is 378 g/mol. The summed E-state index contributed by atoms with van der Waals surface area (Å²) in [6.45, 7) is 6.68. The molecule has 2 aliphatic rings. The fraction of sp³-hybridized carbons (Fsp3) is 0.458. The summed E-state index contributed by atoms with van der Waals surface area (Å²) >= 11 is 0. The van der Waals surface area contributed by atoms with E-state index < -0.39 is 0 Å². The van der Waals surface area contributed by atoms with Crippen molar-refractivity contribution >= 4 is 11.8 Å². The third-order valence-electron chi connectivity index (χ3n) is 6.19. The van der Waals surface area contributed by atoms with Gasteiger partial charge in [0.05, 0.1) is 36.4 Å². The molecule has 158 valence electrons. The molecule has 4 rings (SSSR count). The van der Waals surface area contributed by atoms with Crippen LogP contribution in [0.3, 0.4) is 0 Å². The van der Waals surface area contributed by atoms with Crippen molar-refractivity contribution in [1.82, 2.24) is 14.8 Å². The largest absolute Gasteiger partial charge is 0.372 e. The lowest BCUT2D eigenvalue weighted by Crippen LogP contribution is -2.53. The first-order valence-corrected chi connectivity index (χ1v) is 10.6. The Hall–Kier alpha value is -2.73. The summed E-state index contributed by atoms with van der Waals surface area (Å²) in [7, 11) is 0. The second-order valence-electron chi connectivity index (χ2n) is 8.39. The van der Waals surface area contributed by atoms with Crippen LogP contribution < -0.4 is 0 Å². The maximum atomic E-state index is 13.0. The first-order valence-electron chi connectivity index (χ1n) is 10.6. The van der Waals surface area contributed by atoms with Crippen LogP contribution >= 0.6 is 0 Å². The molecule has 2 amide bonds. The van der Waals surface area contributed by atoms with Gasteiger partial charge in [-0.05, 0) is 44.4 Å². The smallest absolute Gasteiger partial charge is 0.255 e. The number of benzene rings is 1. The SMILES string of the molecule is Cc1ccc(C(=O)N2CCC3(CC2)CN(Cc2ccccc2)C(=O)CCO3)c(C)n1. The third-order valence-corrected chi connectivity index (χ3v) is 6.19. The fourth-order valence-electron chi connectivity index (χ4n) is 4.45. The number of rotatable bonds is 3. The van der Waals surface area contributed by atoms with Gasteiger partial charge in [0.15, 0.2) is 0 Å². The monoisotopic (exact) mass is 407 g/mol. The molecule has 6 heteroatoms. The lowest BCUT2D eigenvalue weighted by Gasteiger charge is -2.42. The number of likely N-dealkylation sites (tertiary alicyclic amines) is 1. The molecular formula is C24H29N3O3. The Morgan fingerprint density at radius 3 is 2.53 bits per heavy atom. The lowest BCUT2D eigenvalue weighted by molar-refractivity contribution is -0.132. The topological polar surface area (TPSA) is 62.7 Å². The lowest BCUT2D eigenvalue weighted by atomic mass is 9.90. The van der Waals surface area contributed by atoms with Crippen LogP contribution in [-0.4, -0.2) is 58.4 Å². The molecule has 2 fully saturated rings. The number of amides is 2. The van der Waals surface area contributed by atoms with Gasteiger partial charge in [0, 0.05) is 25.3 Å². The summed E-state index contributed by atoms with van der Waals surface area (Å²) in [5, 5.41) is 0. The standard InChI is InChI=1S/C24H29N3O3/c1-18-8-9-21(19(2)25-18)23(29)26-13-11-24(12-14-26)17-27(22(28)10-15-30-24)16-20-6-4-3-5-7-20/h3-9H,10-17H2,1-2H3. The molecule has 0 bridgehead atoms. The highest BCUT2D eigenvalue weighted by Gasteiger charge is 2.41. The van der Waals surface area contributed by atoms with Crippen LogP contribution in [0.25, 0.3) is 0 Å². The van der Waals surface area contributed by atoms with Crippen molar-refractivity contribution in [3.8, 4) is 0 Å². The van der Waals surface area contributed by atoms with Crippen molar-refractivity contribution in [3.63, 3.8) is 0 Å². The molecule has 2 saturated heterocycles. The number of piperidine rings is 1. The van der Waals surface area contributed by atoms with Crippen LogP contribution in [0.15, 0.2) is 42.5 Å². The van der Waals surface area contributed by atoms with Crippen LogP contribution in [0.1, 0.15) is 46.6 Å². The van der Waals surface area contributed by atoms with Gasteiger partial charge in [0.2, 0.25) is 5.91 Å². The summed E-state index contributed by atoms with van der Waals surface area (Å²) in [6, 6.07) is 13.8. The molecule has 1 aromatic heterocycles. The third kappa shape index (κ3) is 4.38. The second-order valence-corrected chi connectivity index (χ2v) is 8.39. The van der Waals surface area contributed by atoms with E-state index in [4.69, 9.17) is 4.74 Å².